The first-order valence-corrected chi connectivity index (χ1v) is 6.37. The predicted octanol–water partition coefficient (Wildman–Crippen LogP) is 4.52. The molecule has 1 rings (SSSR count). The largest absolute Gasteiger partial charge is 0.300 e. The molecule has 0 radical (unpaired) electrons. The zero-order chi connectivity index (χ0) is 12.6. The Hall–Kier alpha value is -0.590. The summed E-state index contributed by atoms with van der Waals surface area (Å²) in [5.41, 5.74) is 3.71. The smallest absolute Gasteiger partial charge is 0.130 e. The summed E-state index contributed by atoms with van der Waals surface area (Å²) in [5.74, 6) is 0.309. The lowest BCUT2D eigenvalue weighted by molar-refractivity contribution is -0.117. The molecule has 0 unspecified atom stereocenters. The summed E-state index contributed by atoms with van der Waals surface area (Å²) in [4.78, 5) is 11.1. The third kappa shape index (κ3) is 2.96. The van der Waals surface area contributed by atoms with Crippen molar-refractivity contribution < 1.29 is 4.79 Å². The number of hydrogen-bond acceptors (Lipinski definition) is 1. The van der Waals surface area contributed by atoms with Gasteiger partial charge in [-0.15, -0.1) is 0 Å². The zero-order valence-corrected chi connectivity index (χ0v) is 11.7. The van der Waals surface area contributed by atoms with Crippen molar-refractivity contribution in [2.24, 2.45) is 10.8 Å². The molecule has 1 aliphatic rings. The van der Waals surface area contributed by atoms with Crippen molar-refractivity contribution in [1.29, 1.82) is 0 Å². The monoisotopic (exact) mass is 222 g/mol. The highest BCUT2D eigenvalue weighted by Crippen LogP contribution is 2.50. The fourth-order valence-corrected chi connectivity index (χ4v) is 2.77. The molecule has 0 aromatic rings. The van der Waals surface area contributed by atoms with Gasteiger partial charge in [-0.3, -0.25) is 0 Å². The summed E-state index contributed by atoms with van der Waals surface area (Å²) in [7, 11) is 0. The zero-order valence-electron chi connectivity index (χ0n) is 11.7. The van der Waals surface area contributed by atoms with Gasteiger partial charge in [0.1, 0.15) is 5.78 Å². The first-order valence-electron chi connectivity index (χ1n) is 6.37. The van der Waals surface area contributed by atoms with Gasteiger partial charge >= 0.3 is 0 Å². The van der Waals surface area contributed by atoms with E-state index in [4.69, 9.17) is 0 Å². The molecular formula is C15H26O. The maximum atomic E-state index is 11.1. The fourth-order valence-electron chi connectivity index (χ4n) is 2.77. The van der Waals surface area contributed by atoms with Crippen LogP contribution in [0.5, 0.6) is 0 Å². The van der Waals surface area contributed by atoms with Crippen molar-refractivity contribution in [3.63, 3.8) is 0 Å². The van der Waals surface area contributed by atoms with Gasteiger partial charge in [-0.2, -0.15) is 0 Å². The summed E-state index contributed by atoms with van der Waals surface area (Å²) in [6.07, 6.45) is 4.13. The number of ketones is 1. The van der Waals surface area contributed by atoms with Crippen LogP contribution in [-0.2, 0) is 4.79 Å². The fraction of sp³-hybridized carbons (Fsp3) is 0.800. The highest BCUT2D eigenvalue weighted by atomic mass is 16.1. The Bertz CT molecular complexity index is 313. The van der Waals surface area contributed by atoms with Gasteiger partial charge < -0.3 is 4.79 Å². The molecule has 0 amide bonds. The highest BCUT2D eigenvalue weighted by molar-refractivity contribution is 5.75. The van der Waals surface area contributed by atoms with E-state index in [1.165, 1.54) is 12.8 Å². The number of hydrogen-bond donors (Lipinski definition) is 0. The van der Waals surface area contributed by atoms with Crippen LogP contribution in [0.3, 0.4) is 0 Å². The van der Waals surface area contributed by atoms with Crippen LogP contribution in [0.15, 0.2) is 11.1 Å². The number of carbonyl (C=O) groups is 1. The summed E-state index contributed by atoms with van der Waals surface area (Å²) < 4.78 is 0. The molecule has 1 nitrogen and oxygen atoms in total. The minimum atomic E-state index is 0.264. The molecule has 0 aromatic carbocycles. The van der Waals surface area contributed by atoms with Gasteiger partial charge in [0.2, 0.25) is 0 Å². The van der Waals surface area contributed by atoms with Crippen LogP contribution < -0.4 is 0 Å². The van der Waals surface area contributed by atoms with Gasteiger partial charge in [0, 0.05) is 6.42 Å². The molecule has 0 spiro atoms. The Morgan fingerprint density at radius 3 is 2.31 bits per heavy atom. The molecule has 16 heavy (non-hydrogen) atoms. The number of rotatable bonds is 3. The van der Waals surface area contributed by atoms with Crippen LogP contribution >= 0.6 is 0 Å². The maximum Gasteiger partial charge on any atom is 0.130 e. The van der Waals surface area contributed by atoms with E-state index in [0.29, 0.717) is 17.6 Å². The van der Waals surface area contributed by atoms with E-state index in [2.05, 4.69) is 34.6 Å². The molecule has 0 aliphatic heterocycles. The van der Waals surface area contributed by atoms with Crippen molar-refractivity contribution in [2.75, 3.05) is 0 Å². The minimum absolute atomic E-state index is 0.264. The molecule has 0 aromatic heterocycles. The quantitative estimate of drug-likeness (QED) is 0.642. The Morgan fingerprint density at radius 1 is 1.31 bits per heavy atom. The van der Waals surface area contributed by atoms with Gasteiger partial charge in [-0.25, -0.2) is 0 Å². The molecular weight excluding hydrogens is 196 g/mol. The van der Waals surface area contributed by atoms with Crippen molar-refractivity contribution >= 4 is 5.78 Å². The van der Waals surface area contributed by atoms with Crippen molar-refractivity contribution in [1.82, 2.24) is 0 Å². The maximum absolute atomic E-state index is 11.1. The average molecular weight is 222 g/mol. The van der Waals surface area contributed by atoms with E-state index in [1.54, 1.807) is 18.1 Å². The molecule has 0 heterocycles. The number of Topliss-reactive ketones (excluding diaryl/α,β-unsaturated/α-hetero) is 1. The lowest BCUT2D eigenvalue weighted by atomic mass is 9.78. The van der Waals surface area contributed by atoms with Crippen LogP contribution in [-0.4, -0.2) is 5.78 Å². The number of carbonyl (C=O) groups excluding carboxylic acids is 1. The third-order valence-electron chi connectivity index (χ3n) is 3.81. The SMILES string of the molecule is CC(=O)CCC1=C(C(C)(C)C)CCC1(C)C. The highest BCUT2D eigenvalue weighted by Gasteiger charge is 2.36. The van der Waals surface area contributed by atoms with E-state index in [0.717, 1.165) is 6.42 Å². The first-order chi connectivity index (χ1) is 7.14. The standard InChI is InChI=1S/C15H26O/c1-11(16)7-8-13-12(14(2,3)4)9-10-15(13,5)6/h7-10H2,1-6H3. The lowest BCUT2D eigenvalue weighted by Gasteiger charge is -2.27. The second-order valence-corrected chi connectivity index (χ2v) is 6.79. The van der Waals surface area contributed by atoms with Gasteiger partial charge in [0.25, 0.3) is 0 Å². The molecule has 1 heteroatoms. The normalized spacial score (nSPS) is 20.4. The van der Waals surface area contributed by atoms with Crippen LogP contribution in [0, 0.1) is 10.8 Å². The molecule has 0 bridgehead atoms. The topological polar surface area (TPSA) is 17.1 Å². The minimum Gasteiger partial charge on any atom is -0.300 e. The van der Waals surface area contributed by atoms with Gasteiger partial charge in [0.05, 0.1) is 0 Å². The number of allylic oxidation sites excluding steroid dienone is 2. The summed E-state index contributed by atoms with van der Waals surface area (Å²) in [6.45, 7) is 13.2. The van der Waals surface area contributed by atoms with Crippen LogP contribution in [0.25, 0.3) is 0 Å². The molecule has 0 fully saturated rings. The van der Waals surface area contributed by atoms with Crippen molar-refractivity contribution in [3.05, 3.63) is 11.1 Å². The van der Waals surface area contributed by atoms with Gasteiger partial charge in [0.15, 0.2) is 0 Å². The summed E-state index contributed by atoms with van der Waals surface area (Å²) in [6, 6.07) is 0. The van der Waals surface area contributed by atoms with E-state index in [-0.39, 0.29) is 5.41 Å². The molecule has 0 N–H and O–H groups in total. The van der Waals surface area contributed by atoms with E-state index >= 15 is 0 Å². The van der Waals surface area contributed by atoms with Gasteiger partial charge in [-0.05, 0) is 37.0 Å². The van der Waals surface area contributed by atoms with Crippen molar-refractivity contribution in [3.8, 4) is 0 Å². The molecule has 0 saturated carbocycles. The van der Waals surface area contributed by atoms with Crippen LogP contribution in [0.1, 0.15) is 67.2 Å². The predicted molar refractivity (Wildman–Crippen MR) is 69.4 cm³/mol. The first kappa shape index (κ1) is 13.5. The Morgan fingerprint density at radius 2 is 1.88 bits per heavy atom. The lowest BCUT2D eigenvalue weighted by Crippen LogP contribution is -2.14. The Labute approximate surface area is 100 Å². The summed E-state index contributed by atoms with van der Waals surface area (Å²) >= 11 is 0. The third-order valence-corrected chi connectivity index (χ3v) is 3.81. The van der Waals surface area contributed by atoms with Crippen molar-refractivity contribution in [2.45, 2.75) is 67.2 Å². The van der Waals surface area contributed by atoms with Crippen LogP contribution in [0.2, 0.25) is 0 Å². The second kappa shape index (κ2) is 4.35. The van der Waals surface area contributed by atoms with Gasteiger partial charge in [-0.1, -0.05) is 45.8 Å². The Kier molecular flexibility index (Phi) is 3.66. The molecule has 0 saturated heterocycles. The molecule has 0 atom stereocenters. The average Bonchev–Trinajstić information content (AvgIpc) is 2.36. The van der Waals surface area contributed by atoms with E-state index in [1.807, 2.05) is 0 Å². The molecule has 1 aliphatic carbocycles. The second-order valence-electron chi connectivity index (χ2n) is 6.79. The molecule has 92 valence electrons. The van der Waals surface area contributed by atoms with Crippen LogP contribution in [0.4, 0.5) is 0 Å². The summed E-state index contributed by atoms with van der Waals surface area (Å²) in [5, 5.41) is 0. The van der Waals surface area contributed by atoms with E-state index < -0.39 is 0 Å². The van der Waals surface area contributed by atoms with E-state index in [9.17, 15) is 4.79 Å². The Balaban J connectivity index is 2.97.